The highest BCUT2D eigenvalue weighted by Gasteiger charge is 2.15. The van der Waals surface area contributed by atoms with Gasteiger partial charge in [0.15, 0.2) is 0 Å². The molecule has 0 unspecified atom stereocenters. The molecular weight excluding hydrogens is 262 g/mol. The average molecular weight is 271 g/mol. The number of nitriles is 1. The van der Waals surface area contributed by atoms with Crippen molar-refractivity contribution in [2.45, 2.75) is 6.92 Å². The molecule has 0 saturated carbocycles. The Bertz CT molecular complexity index is 729. The Morgan fingerprint density at radius 2 is 2.25 bits per heavy atom. The second-order valence-corrected chi connectivity index (χ2v) is 4.04. The van der Waals surface area contributed by atoms with Crippen LogP contribution in [0.5, 0.6) is 0 Å². The first-order valence-corrected chi connectivity index (χ1v) is 5.52. The van der Waals surface area contributed by atoms with Gasteiger partial charge in [0.25, 0.3) is 11.6 Å². The monoisotopic (exact) mass is 271 g/mol. The van der Waals surface area contributed by atoms with Crippen molar-refractivity contribution in [1.29, 1.82) is 5.26 Å². The average Bonchev–Trinajstić information content (AvgIpc) is 2.85. The van der Waals surface area contributed by atoms with E-state index in [1.807, 2.05) is 6.07 Å². The van der Waals surface area contributed by atoms with E-state index >= 15 is 0 Å². The highest BCUT2D eigenvalue weighted by Crippen LogP contribution is 2.18. The molecule has 0 aliphatic heterocycles. The molecule has 100 valence electrons. The van der Waals surface area contributed by atoms with Gasteiger partial charge in [-0.3, -0.25) is 20.0 Å². The van der Waals surface area contributed by atoms with Crippen LogP contribution in [0.4, 0.5) is 11.5 Å². The van der Waals surface area contributed by atoms with Crippen molar-refractivity contribution in [3.05, 3.63) is 51.2 Å². The van der Waals surface area contributed by atoms with E-state index in [9.17, 15) is 14.9 Å². The maximum absolute atomic E-state index is 12.0. The maximum Gasteiger partial charge on any atom is 0.270 e. The highest BCUT2D eigenvalue weighted by atomic mass is 16.6. The first-order chi connectivity index (χ1) is 9.51. The molecule has 0 aliphatic rings. The molecule has 0 saturated heterocycles. The van der Waals surface area contributed by atoms with E-state index in [0.717, 1.165) is 0 Å². The second kappa shape index (κ2) is 5.19. The fraction of sp³-hybridized carbons (Fsp3) is 0.0833. The predicted octanol–water partition coefficient (Wildman–Crippen LogP) is 1.75. The fourth-order valence-corrected chi connectivity index (χ4v) is 1.65. The number of non-ortho nitro benzene ring substituents is 1. The maximum atomic E-state index is 12.0. The molecule has 0 aliphatic carbocycles. The number of anilines is 1. The molecule has 2 rings (SSSR count). The third kappa shape index (κ3) is 2.62. The minimum absolute atomic E-state index is 0.134. The van der Waals surface area contributed by atoms with Crippen molar-refractivity contribution in [3.8, 4) is 6.07 Å². The summed E-state index contributed by atoms with van der Waals surface area (Å²) in [4.78, 5) is 22.2. The Labute approximate surface area is 113 Å². The number of H-pyrrole nitrogens is 1. The fourth-order valence-electron chi connectivity index (χ4n) is 1.65. The SMILES string of the molecule is Cc1cc(C(=O)Nc2[nH]ncc2C#N)cc([N+](=O)[O-])c1. The summed E-state index contributed by atoms with van der Waals surface area (Å²) < 4.78 is 0. The van der Waals surface area contributed by atoms with Crippen molar-refractivity contribution in [1.82, 2.24) is 10.2 Å². The van der Waals surface area contributed by atoms with Gasteiger partial charge in [0.1, 0.15) is 17.5 Å². The van der Waals surface area contributed by atoms with Gasteiger partial charge >= 0.3 is 0 Å². The molecule has 20 heavy (non-hydrogen) atoms. The van der Waals surface area contributed by atoms with Crippen molar-refractivity contribution in [3.63, 3.8) is 0 Å². The van der Waals surface area contributed by atoms with Crippen LogP contribution in [-0.2, 0) is 0 Å². The van der Waals surface area contributed by atoms with Gasteiger partial charge in [-0.2, -0.15) is 10.4 Å². The first kappa shape index (κ1) is 13.2. The van der Waals surface area contributed by atoms with Gasteiger partial charge in [-0.15, -0.1) is 0 Å². The van der Waals surface area contributed by atoms with E-state index in [2.05, 4.69) is 15.5 Å². The lowest BCUT2D eigenvalue weighted by Crippen LogP contribution is -2.13. The zero-order chi connectivity index (χ0) is 14.7. The zero-order valence-electron chi connectivity index (χ0n) is 10.4. The molecule has 1 amide bonds. The molecule has 0 atom stereocenters. The number of nitrogens with zero attached hydrogens (tertiary/aromatic N) is 3. The lowest BCUT2D eigenvalue weighted by Gasteiger charge is -2.04. The lowest BCUT2D eigenvalue weighted by atomic mass is 10.1. The second-order valence-electron chi connectivity index (χ2n) is 4.04. The summed E-state index contributed by atoms with van der Waals surface area (Å²) >= 11 is 0. The van der Waals surface area contributed by atoms with Crippen molar-refractivity contribution < 1.29 is 9.72 Å². The summed E-state index contributed by atoms with van der Waals surface area (Å²) in [6.45, 7) is 1.65. The molecule has 1 aromatic heterocycles. The van der Waals surface area contributed by atoms with Crippen molar-refractivity contribution in [2.24, 2.45) is 0 Å². The van der Waals surface area contributed by atoms with Gasteiger partial charge in [0.05, 0.1) is 11.1 Å². The Kier molecular flexibility index (Phi) is 3.43. The van der Waals surface area contributed by atoms with Crippen LogP contribution in [0, 0.1) is 28.4 Å². The van der Waals surface area contributed by atoms with E-state index in [1.165, 1.54) is 24.4 Å². The van der Waals surface area contributed by atoms with Crippen LogP contribution in [0.2, 0.25) is 0 Å². The van der Waals surface area contributed by atoms with E-state index in [1.54, 1.807) is 6.92 Å². The number of benzene rings is 1. The van der Waals surface area contributed by atoms with Crippen LogP contribution in [0.1, 0.15) is 21.5 Å². The van der Waals surface area contributed by atoms with Gasteiger partial charge in [-0.25, -0.2) is 0 Å². The van der Waals surface area contributed by atoms with E-state index < -0.39 is 10.8 Å². The zero-order valence-corrected chi connectivity index (χ0v) is 10.4. The summed E-state index contributed by atoms with van der Waals surface area (Å²) in [7, 11) is 0. The number of hydrogen-bond donors (Lipinski definition) is 2. The number of nitro benzene ring substituents is 1. The van der Waals surface area contributed by atoms with Crippen LogP contribution in [0.15, 0.2) is 24.4 Å². The Morgan fingerprint density at radius 1 is 1.50 bits per heavy atom. The minimum atomic E-state index is -0.569. The summed E-state index contributed by atoms with van der Waals surface area (Å²) in [5.41, 5.74) is 0.741. The van der Waals surface area contributed by atoms with Gasteiger partial charge in [-0.1, -0.05) is 0 Å². The van der Waals surface area contributed by atoms with E-state index in [4.69, 9.17) is 5.26 Å². The number of aromatic nitrogens is 2. The minimum Gasteiger partial charge on any atom is -0.306 e. The number of carbonyl (C=O) groups is 1. The Hall–Kier alpha value is -3.21. The molecule has 0 spiro atoms. The number of rotatable bonds is 3. The number of aromatic amines is 1. The van der Waals surface area contributed by atoms with Crippen LogP contribution < -0.4 is 5.32 Å². The third-order valence-corrected chi connectivity index (χ3v) is 2.53. The normalized spacial score (nSPS) is 9.80. The summed E-state index contributed by atoms with van der Waals surface area (Å²) in [6.07, 6.45) is 1.27. The van der Waals surface area contributed by atoms with Crippen molar-refractivity contribution >= 4 is 17.4 Å². The Morgan fingerprint density at radius 3 is 2.90 bits per heavy atom. The summed E-state index contributed by atoms with van der Waals surface area (Å²) in [6, 6.07) is 5.92. The van der Waals surface area contributed by atoms with Gasteiger partial charge in [0.2, 0.25) is 0 Å². The smallest absolute Gasteiger partial charge is 0.270 e. The molecule has 2 aromatic rings. The molecule has 8 nitrogen and oxygen atoms in total. The van der Waals surface area contributed by atoms with Gasteiger partial charge < -0.3 is 5.32 Å². The lowest BCUT2D eigenvalue weighted by molar-refractivity contribution is -0.384. The van der Waals surface area contributed by atoms with Crippen LogP contribution >= 0.6 is 0 Å². The topological polar surface area (TPSA) is 125 Å². The largest absolute Gasteiger partial charge is 0.306 e. The predicted molar refractivity (Wildman–Crippen MR) is 69.1 cm³/mol. The van der Waals surface area contributed by atoms with Gasteiger partial charge in [-0.05, 0) is 18.6 Å². The molecule has 0 fully saturated rings. The van der Waals surface area contributed by atoms with E-state index in [-0.39, 0.29) is 22.6 Å². The molecule has 0 radical (unpaired) electrons. The third-order valence-electron chi connectivity index (χ3n) is 2.53. The molecule has 1 aromatic carbocycles. The number of amides is 1. The van der Waals surface area contributed by atoms with E-state index in [0.29, 0.717) is 5.56 Å². The van der Waals surface area contributed by atoms with Crippen LogP contribution in [0.3, 0.4) is 0 Å². The van der Waals surface area contributed by atoms with Gasteiger partial charge in [0, 0.05) is 17.7 Å². The molecular formula is C12H9N5O3. The number of nitrogens with one attached hydrogen (secondary N) is 2. The quantitative estimate of drug-likeness (QED) is 0.649. The highest BCUT2D eigenvalue weighted by molar-refractivity contribution is 6.04. The molecule has 1 heterocycles. The number of aryl methyl sites for hydroxylation is 1. The summed E-state index contributed by atoms with van der Waals surface area (Å²) in [5, 5.41) is 28.1. The molecule has 2 N–H and O–H groups in total. The first-order valence-electron chi connectivity index (χ1n) is 5.52. The molecule has 0 bridgehead atoms. The van der Waals surface area contributed by atoms with Crippen LogP contribution in [0.25, 0.3) is 0 Å². The van der Waals surface area contributed by atoms with Crippen LogP contribution in [-0.4, -0.2) is 21.0 Å². The number of carbonyl (C=O) groups excluding carboxylic acids is 1. The Balaban J connectivity index is 2.30. The number of nitro groups is 1. The summed E-state index contributed by atoms with van der Waals surface area (Å²) in [5.74, 6) is -0.404. The standard InChI is InChI=1S/C12H9N5O3/c1-7-2-8(4-10(3-7)17(19)20)12(18)15-11-9(5-13)6-14-16-11/h2-4,6H,1H3,(H2,14,15,16,18). The molecule has 8 heteroatoms. The number of hydrogen-bond acceptors (Lipinski definition) is 5. The van der Waals surface area contributed by atoms with Crippen molar-refractivity contribution in [2.75, 3.05) is 5.32 Å².